The van der Waals surface area contributed by atoms with E-state index in [0.29, 0.717) is 82.9 Å². The molecule has 0 radical (unpaired) electrons. The van der Waals surface area contributed by atoms with Gasteiger partial charge in [0.2, 0.25) is 0 Å². The van der Waals surface area contributed by atoms with Crippen LogP contribution in [0.2, 0.25) is 0 Å². The average Bonchev–Trinajstić information content (AvgIpc) is 3.75. The molecule has 52 heavy (non-hydrogen) atoms. The van der Waals surface area contributed by atoms with E-state index in [4.69, 9.17) is 19.7 Å². The zero-order valence-corrected chi connectivity index (χ0v) is 27.1. The summed E-state index contributed by atoms with van der Waals surface area (Å²) in [4.78, 5) is 10.8. The van der Waals surface area contributed by atoms with E-state index >= 15 is 0 Å². The van der Waals surface area contributed by atoms with Gasteiger partial charge in [0.05, 0.1) is 23.8 Å². The Balaban J connectivity index is 1.83. The third kappa shape index (κ3) is 5.28. The number of nitriles is 3. The fraction of sp³-hybridized carbons (Fsp3) is 0.0455. The van der Waals surface area contributed by atoms with Crippen molar-refractivity contribution in [1.29, 1.82) is 15.8 Å². The highest BCUT2D eigenvalue weighted by Gasteiger charge is 2.36. The second-order valence-electron chi connectivity index (χ2n) is 12.0. The highest BCUT2D eigenvalue weighted by atomic mass is 19.1. The van der Waals surface area contributed by atoms with E-state index < -0.39 is 11.6 Å². The molecule has 0 amide bonds. The third-order valence-corrected chi connectivity index (χ3v) is 9.38. The van der Waals surface area contributed by atoms with Crippen LogP contribution in [0.1, 0.15) is 27.8 Å². The van der Waals surface area contributed by atoms with Crippen LogP contribution in [0.3, 0.4) is 0 Å². The summed E-state index contributed by atoms with van der Waals surface area (Å²) in [6.45, 7) is 23.5. The maximum atomic E-state index is 14.5. The molecule has 8 heteroatoms. The van der Waals surface area contributed by atoms with Crippen LogP contribution in [0.15, 0.2) is 120 Å². The van der Waals surface area contributed by atoms with Gasteiger partial charge in [-0.05, 0) is 114 Å². The second-order valence-corrected chi connectivity index (χ2v) is 12.0. The third-order valence-electron chi connectivity index (χ3n) is 9.38. The lowest BCUT2D eigenvalue weighted by atomic mass is 9.86. The Morgan fingerprint density at radius 2 is 0.981 bits per heavy atom. The van der Waals surface area contributed by atoms with Gasteiger partial charge in [0, 0.05) is 6.42 Å². The molecule has 0 N–H and O–H groups in total. The zero-order chi connectivity index (χ0) is 36.5. The molecule has 2 aliphatic carbocycles. The van der Waals surface area contributed by atoms with Crippen LogP contribution >= 0.6 is 0 Å². The SMILES string of the molecule is [C-]#[N+]C([N+]#[C-])=C1Cc2c(-c3ccc(F)cc3)c3c(c(-c4ccc(F)cc4)c2=C1c1ccc([N+]#[C-])cc1)CC(=C(C#N)C#N)C=3c1ccc(C#N)cc1. The van der Waals surface area contributed by atoms with E-state index in [2.05, 4.69) is 32.7 Å². The molecule has 5 aromatic rings. The maximum absolute atomic E-state index is 14.5. The number of nitrogens with zero attached hydrogens (tertiary/aromatic N) is 6. The van der Waals surface area contributed by atoms with Crippen molar-refractivity contribution in [3.05, 3.63) is 204 Å². The lowest BCUT2D eigenvalue weighted by Gasteiger charge is -2.17. The molecular weight excluding hydrogens is 651 g/mol. The predicted molar refractivity (Wildman–Crippen MR) is 191 cm³/mol. The van der Waals surface area contributed by atoms with Gasteiger partial charge in [-0.2, -0.15) is 25.5 Å². The van der Waals surface area contributed by atoms with Crippen LogP contribution in [-0.2, 0) is 12.8 Å². The lowest BCUT2D eigenvalue weighted by Crippen LogP contribution is -2.25. The molecule has 0 saturated carbocycles. The molecule has 0 unspecified atom stereocenters. The Hall–Kier alpha value is -7.88. The molecular formula is C44H20F2N6. The molecule has 0 aromatic heterocycles. The van der Waals surface area contributed by atoms with E-state index in [1.807, 2.05) is 0 Å². The Morgan fingerprint density at radius 3 is 1.40 bits per heavy atom. The monoisotopic (exact) mass is 670 g/mol. The minimum absolute atomic E-state index is 0.103. The first-order chi connectivity index (χ1) is 25.3. The molecule has 0 heterocycles. The molecule has 0 fully saturated rings. The van der Waals surface area contributed by atoms with E-state index in [-0.39, 0.29) is 24.2 Å². The summed E-state index contributed by atoms with van der Waals surface area (Å²) < 4.78 is 29.0. The van der Waals surface area contributed by atoms with E-state index in [1.54, 1.807) is 72.8 Å². The van der Waals surface area contributed by atoms with E-state index in [1.165, 1.54) is 24.3 Å². The topological polar surface area (TPSA) is 84.5 Å². The molecule has 0 bridgehead atoms. The van der Waals surface area contributed by atoms with Crippen molar-refractivity contribution in [1.82, 2.24) is 0 Å². The fourth-order valence-corrected chi connectivity index (χ4v) is 7.24. The van der Waals surface area contributed by atoms with Gasteiger partial charge >= 0.3 is 5.82 Å². The number of hydrogen-bond donors (Lipinski definition) is 0. The molecule has 240 valence electrons. The van der Waals surface area contributed by atoms with Crippen molar-refractivity contribution in [2.24, 2.45) is 0 Å². The van der Waals surface area contributed by atoms with Gasteiger partial charge in [-0.25, -0.2) is 13.6 Å². The van der Waals surface area contributed by atoms with Gasteiger partial charge < -0.3 is 0 Å². The van der Waals surface area contributed by atoms with Crippen LogP contribution in [-0.4, -0.2) is 0 Å². The Morgan fingerprint density at radius 1 is 0.558 bits per heavy atom. The molecule has 0 saturated heterocycles. The minimum Gasteiger partial charge on any atom is -0.238 e. The van der Waals surface area contributed by atoms with Crippen LogP contribution < -0.4 is 10.4 Å². The lowest BCUT2D eigenvalue weighted by molar-refractivity contribution is 0.627. The van der Waals surface area contributed by atoms with E-state index in [9.17, 15) is 24.6 Å². The summed E-state index contributed by atoms with van der Waals surface area (Å²) in [5.74, 6) is -1.04. The summed E-state index contributed by atoms with van der Waals surface area (Å²) in [6, 6.07) is 31.9. The van der Waals surface area contributed by atoms with Crippen LogP contribution in [0.25, 0.3) is 47.9 Å². The minimum atomic E-state index is -0.455. The first-order valence-electron chi connectivity index (χ1n) is 15.8. The van der Waals surface area contributed by atoms with Crippen molar-refractivity contribution in [2.45, 2.75) is 12.8 Å². The summed E-state index contributed by atoms with van der Waals surface area (Å²) >= 11 is 0. The number of fused-ring (bicyclic) bond motifs is 2. The zero-order valence-electron chi connectivity index (χ0n) is 27.1. The highest BCUT2D eigenvalue weighted by Crippen LogP contribution is 2.42. The van der Waals surface area contributed by atoms with Crippen molar-refractivity contribution < 1.29 is 8.78 Å². The highest BCUT2D eigenvalue weighted by molar-refractivity contribution is 5.98. The van der Waals surface area contributed by atoms with Crippen LogP contribution in [0.4, 0.5) is 14.5 Å². The smallest absolute Gasteiger partial charge is 0.238 e. The van der Waals surface area contributed by atoms with Crippen molar-refractivity contribution in [3.8, 4) is 40.5 Å². The quantitative estimate of drug-likeness (QED) is 0.142. The number of halogens is 2. The summed E-state index contributed by atoms with van der Waals surface area (Å²) in [5, 5.41) is 31.4. The van der Waals surface area contributed by atoms with Gasteiger partial charge in [-0.3, -0.25) is 0 Å². The maximum Gasteiger partial charge on any atom is 0.523 e. The first kappa shape index (κ1) is 32.7. The Kier molecular flexibility index (Phi) is 8.29. The van der Waals surface area contributed by atoms with Gasteiger partial charge in [-0.1, -0.05) is 60.7 Å². The predicted octanol–water partition coefficient (Wildman–Crippen LogP) is 8.63. The summed E-state index contributed by atoms with van der Waals surface area (Å²) in [5.41, 5.74) is 8.13. The van der Waals surface area contributed by atoms with Crippen molar-refractivity contribution in [3.63, 3.8) is 0 Å². The Labute approximate surface area is 297 Å². The summed E-state index contributed by atoms with van der Waals surface area (Å²) in [7, 11) is 0. The van der Waals surface area contributed by atoms with Crippen molar-refractivity contribution in [2.75, 3.05) is 0 Å². The van der Waals surface area contributed by atoms with Crippen LogP contribution in [0.5, 0.6) is 0 Å². The standard InChI is InChI=1S/C44H20F2N6/c1-50-33-18-12-29(13-19-33)41-37(44(51-2)52-3)21-36-40(28-10-16-32(46)17-11-28)42-35(39(43(36)41)27-8-14-31(45)15-9-27)20-34(30(23-48)24-49)38(42)26-6-4-25(22-47)5-7-26/h4-19H,20-21H2. The molecule has 2 aliphatic rings. The number of rotatable bonds is 4. The second kappa shape index (κ2) is 13.2. The fourth-order valence-electron chi connectivity index (χ4n) is 7.24. The molecule has 7 rings (SSSR count). The molecule has 0 spiro atoms. The van der Waals surface area contributed by atoms with Crippen molar-refractivity contribution >= 4 is 16.8 Å². The summed E-state index contributed by atoms with van der Waals surface area (Å²) in [6.07, 6.45) is 0.253. The molecule has 6 nitrogen and oxygen atoms in total. The molecule has 5 aromatic carbocycles. The Bertz CT molecular complexity index is 2590. The number of allylic oxidation sites excluding steroid dienone is 3. The van der Waals surface area contributed by atoms with Gasteiger partial charge in [0.15, 0.2) is 5.69 Å². The van der Waals surface area contributed by atoms with Gasteiger partial charge in [0.1, 0.15) is 42.5 Å². The first-order valence-corrected chi connectivity index (χ1v) is 15.8. The largest absolute Gasteiger partial charge is 0.523 e. The molecule has 0 aliphatic heterocycles. The van der Waals surface area contributed by atoms with Crippen LogP contribution in [0, 0.1) is 65.3 Å². The number of benzene rings is 5. The van der Waals surface area contributed by atoms with E-state index in [0.717, 1.165) is 5.56 Å². The van der Waals surface area contributed by atoms with Gasteiger partial charge in [0.25, 0.3) is 0 Å². The molecule has 0 atom stereocenters. The number of hydrogen-bond acceptors (Lipinski definition) is 3. The average molecular weight is 671 g/mol. The van der Waals surface area contributed by atoms with Gasteiger partial charge in [-0.15, -0.1) is 0 Å². The normalized spacial score (nSPS) is 12.4.